The fraction of sp³-hybridized carbons (Fsp3) is 0.933. The van der Waals surface area contributed by atoms with Crippen molar-refractivity contribution in [3.8, 4) is 0 Å². The standard InChI is InChI=1S/C15H30N2O3.ClH/c1-12(18)9-14(2,3)10-17-13(19)15(11-20-4)5-7-16-8-6-15;/h12,16,18H,5-11H2,1-4H3,(H,17,19);1H. The van der Waals surface area contributed by atoms with Crippen LogP contribution in [-0.2, 0) is 9.53 Å². The van der Waals surface area contributed by atoms with Gasteiger partial charge in [0, 0.05) is 13.7 Å². The van der Waals surface area contributed by atoms with Crippen molar-refractivity contribution in [1.82, 2.24) is 10.6 Å². The van der Waals surface area contributed by atoms with Crippen LogP contribution in [0.4, 0.5) is 0 Å². The van der Waals surface area contributed by atoms with Crippen molar-refractivity contribution in [1.29, 1.82) is 0 Å². The number of rotatable bonds is 7. The van der Waals surface area contributed by atoms with Gasteiger partial charge in [-0.25, -0.2) is 0 Å². The van der Waals surface area contributed by atoms with Gasteiger partial charge < -0.3 is 20.5 Å². The topological polar surface area (TPSA) is 70.6 Å². The van der Waals surface area contributed by atoms with Gasteiger partial charge in [0.15, 0.2) is 0 Å². The fourth-order valence-corrected chi connectivity index (χ4v) is 3.00. The van der Waals surface area contributed by atoms with Crippen LogP contribution in [0.1, 0.15) is 40.0 Å². The van der Waals surface area contributed by atoms with Gasteiger partial charge in [0.2, 0.25) is 5.91 Å². The lowest BCUT2D eigenvalue weighted by molar-refractivity contribution is -0.136. The quantitative estimate of drug-likeness (QED) is 0.661. The number of halogens is 1. The predicted molar refractivity (Wildman–Crippen MR) is 86.7 cm³/mol. The van der Waals surface area contributed by atoms with E-state index in [0.29, 0.717) is 19.6 Å². The summed E-state index contributed by atoms with van der Waals surface area (Å²) in [6.07, 6.45) is 1.94. The van der Waals surface area contributed by atoms with E-state index in [1.165, 1.54) is 0 Å². The molecule has 0 aliphatic carbocycles. The Bertz CT molecular complexity index is 311. The van der Waals surface area contributed by atoms with Crippen molar-refractivity contribution < 1.29 is 14.6 Å². The summed E-state index contributed by atoms with van der Waals surface area (Å²) in [5.74, 6) is 0.0829. The predicted octanol–water partition coefficient (Wildman–Crippen LogP) is 1.34. The summed E-state index contributed by atoms with van der Waals surface area (Å²) >= 11 is 0. The van der Waals surface area contributed by atoms with Gasteiger partial charge in [-0.2, -0.15) is 0 Å². The number of ether oxygens (including phenoxy) is 1. The van der Waals surface area contributed by atoms with Crippen molar-refractivity contribution in [2.24, 2.45) is 10.8 Å². The largest absolute Gasteiger partial charge is 0.393 e. The number of amides is 1. The van der Waals surface area contributed by atoms with E-state index in [9.17, 15) is 9.90 Å². The highest BCUT2D eigenvalue weighted by molar-refractivity contribution is 5.85. The summed E-state index contributed by atoms with van der Waals surface area (Å²) < 4.78 is 5.27. The van der Waals surface area contributed by atoms with E-state index in [1.807, 2.05) is 0 Å². The summed E-state index contributed by atoms with van der Waals surface area (Å²) in [5, 5.41) is 15.8. The second-order valence-corrected chi connectivity index (χ2v) is 6.86. The lowest BCUT2D eigenvalue weighted by Gasteiger charge is -2.37. The van der Waals surface area contributed by atoms with E-state index in [-0.39, 0.29) is 29.8 Å². The molecule has 1 aliphatic rings. The first kappa shape index (κ1) is 20.6. The van der Waals surface area contributed by atoms with Crippen LogP contribution in [0.15, 0.2) is 0 Å². The van der Waals surface area contributed by atoms with E-state index in [2.05, 4.69) is 24.5 Å². The molecule has 1 saturated heterocycles. The third-order valence-corrected chi connectivity index (χ3v) is 4.04. The Balaban J connectivity index is 0.00000400. The Hall–Kier alpha value is -0.360. The number of methoxy groups -OCH3 is 1. The maximum absolute atomic E-state index is 12.6. The van der Waals surface area contributed by atoms with Crippen LogP contribution < -0.4 is 10.6 Å². The Morgan fingerprint density at radius 2 is 2.00 bits per heavy atom. The molecule has 0 radical (unpaired) electrons. The first-order valence-electron chi connectivity index (χ1n) is 7.47. The average molecular weight is 323 g/mol. The average Bonchev–Trinajstić information content (AvgIpc) is 2.36. The Morgan fingerprint density at radius 1 is 1.43 bits per heavy atom. The molecule has 0 aromatic rings. The molecule has 1 aliphatic heterocycles. The van der Waals surface area contributed by atoms with Crippen LogP contribution in [0.3, 0.4) is 0 Å². The number of aliphatic hydroxyl groups excluding tert-OH is 1. The molecule has 0 saturated carbocycles. The van der Waals surface area contributed by atoms with Gasteiger partial charge in [0.25, 0.3) is 0 Å². The van der Waals surface area contributed by atoms with E-state index in [1.54, 1.807) is 14.0 Å². The lowest BCUT2D eigenvalue weighted by Crippen LogP contribution is -2.51. The Labute approximate surface area is 134 Å². The molecule has 1 unspecified atom stereocenters. The summed E-state index contributed by atoms with van der Waals surface area (Å²) in [6.45, 7) is 8.66. The zero-order valence-electron chi connectivity index (χ0n) is 13.7. The molecule has 1 heterocycles. The van der Waals surface area contributed by atoms with Crippen LogP contribution >= 0.6 is 12.4 Å². The molecule has 1 fully saturated rings. The Kier molecular flexibility index (Phi) is 8.78. The van der Waals surface area contributed by atoms with E-state index < -0.39 is 5.41 Å². The first-order chi connectivity index (χ1) is 9.31. The van der Waals surface area contributed by atoms with Gasteiger partial charge in [0.05, 0.1) is 18.1 Å². The summed E-state index contributed by atoms with van der Waals surface area (Å²) in [5.41, 5.74) is -0.508. The minimum absolute atomic E-state index is 0. The highest BCUT2D eigenvalue weighted by Crippen LogP contribution is 2.30. The number of piperidine rings is 1. The number of carbonyl (C=O) groups is 1. The first-order valence-corrected chi connectivity index (χ1v) is 7.47. The summed E-state index contributed by atoms with van der Waals surface area (Å²) in [6, 6.07) is 0. The molecule has 0 aromatic carbocycles. The van der Waals surface area contributed by atoms with Crippen LogP contribution in [0.5, 0.6) is 0 Å². The van der Waals surface area contributed by atoms with Crippen molar-refractivity contribution in [2.45, 2.75) is 46.1 Å². The summed E-state index contributed by atoms with van der Waals surface area (Å²) in [7, 11) is 1.65. The zero-order valence-corrected chi connectivity index (χ0v) is 14.5. The molecule has 126 valence electrons. The SMILES string of the molecule is COCC1(C(=O)NCC(C)(C)CC(C)O)CCNCC1.Cl. The molecule has 0 spiro atoms. The van der Waals surface area contributed by atoms with Crippen molar-refractivity contribution >= 4 is 18.3 Å². The number of aliphatic hydroxyl groups is 1. The van der Waals surface area contributed by atoms with E-state index in [0.717, 1.165) is 25.9 Å². The molecule has 1 amide bonds. The molecule has 0 aromatic heterocycles. The molecular weight excluding hydrogens is 292 g/mol. The van der Waals surface area contributed by atoms with Crippen LogP contribution in [0, 0.1) is 10.8 Å². The monoisotopic (exact) mass is 322 g/mol. The second-order valence-electron chi connectivity index (χ2n) is 6.86. The van der Waals surface area contributed by atoms with Gasteiger partial charge in [0.1, 0.15) is 0 Å². The number of hydrogen-bond donors (Lipinski definition) is 3. The highest BCUT2D eigenvalue weighted by Gasteiger charge is 2.40. The minimum Gasteiger partial charge on any atom is -0.393 e. The van der Waals surface area contributed by atoms with Crippen LogP contribution in [-0.4, -0.2) is 50.5 Å². The number of nitrogens with one attached hydrogen (secondary N) is 2. The third-order valence-electron chi connectivity index (χ3n) is 4.04. The van der Waals surface area contributed by atoms with E-state index in [4.69, 9.17) is 4.74 Å². The molecule has 6 heteroatoms. The maximum atomic E-state index is 12.6. The second kappa shape index (κ2) is 8.93. The van der Waals surface area contributed by atoms with Gasteiger partial charge in [-0.3, -0.25) is 4.79 Å². The Morgan fingerprint density at radius 3 is 2.48 bits per heavy atom. The van der Waals surface area contributed by atoms with Crippen molar-refractivity contribution in [3.05, 3.63) is 0 Å². The zero-order chi connectivity index (χ0) is 15.2. The van der Waals surface area contributed by atoms with Crippen molar-refractivity contribution in [2.75, 3.05) is 33.4 Å². The maximum Gasteiger partial charge on any atom is 0.228 e. The molecule has 0 bridgehead atoms. The van der Waals surface area contributed by atoms with Crippen molar-refractivity contribution in [3.63, 3.8) is 0 Å². The summed E-state index contributed by atoms with van der Waals surface area (Å²) in [4.78, 5) is 12.6. The van der Waals surface area contributed by atoms with Gasteiger partial charge in [-0.05, 0) is 44.7 Å². The van der Waals surface area contributed by atoms with Crippen LogP contribution in [0.25, 0.3) is 0 Å². The third kappa shape index (κ3) is 6.51. The normalized spacial score (nSPS) is 19.5. The lowest BCUT2D eigenvalue weighted by atomic mass is 9.78. The van der Waals surface area contributed by atoms with Gasteiger partial charge in [-0.1, -0.05) is 13.8 Å². The van der Waals surface area contributed by atoms with Gasteiger partial charge >= 0.3 is 0 Å². The molecule has 5 nitrogen and oxygen atoms in total. The number of hydrogen-bond acceptors (Lipinski definition) is 4. The molecule has 21 heavy (non-hydrogen) atoms. The van der Waals surface area contributed by atoms with Crippen LogP contribution in [0.2, 0.25) is 0 Å². The van der Waals surface area contributed by atoms with Gasteiger partial charge in [-0.15, -0.1) is 12.4 Å². The smallest absolute Gasteiger partial charge is 0.228 e. The molecule has 3 N–H and O–H groups in total. The highest BCUT2D eigenvalue weighted by atomic mass is 35.5. The fourth-order valence-electron chi connectivity index (χ4n) is 3.00. The minimum atomic E-state index is -0.402. The van der Waals surface area contributed by atoms with E-state index >= 15 is 0 Å². The number of carbonyl (C=O) groups excluding carboxylic acids is 1. The molecule has 1 rings (SSSR count). The molecular formula is C15H31ClN2O3. The molecule has 1 atom stereocenters.